The molecule has 0 spiro atoms. The molecule has 2 aromatic carbocycles. The maximum atomic E-state index is 12.7. The molecule has 0 radical (unpaired) electrons. The van der Waals surface area contributed by atoms with Crippen LogP contribution >= 0.6 is 0 Å². The first-order valence-corrected chi connectivity index (χ1v) is 13.5. The molecule has 204 valence electrons. The Kier molecular flexibility index (Phi) is 6.97. The molecule has 0 unspecified atom stereocenters. The molecule has 39 heavy (non-hydrogen) atoms. The molecular formula is C32H37N3O4. The maximum absolute atomic E-state index is 12.7. The molecule has 0 amide bonds. The van der Waals surface area contributed by atoms with Crippen molar-refractivity contribution >= 4 is 33.6 Å². The van der Waals surface area contributed by atoms with Gasteiger partial charge in [-0.1, -0.05) is 13.8 Å². The Bertz CT molecular complexity index is 1560. The van der Waals surface area contributed by atoms with Crippen molar-refractivity contribution in [2.24, 2.45) is 5.92 Å². The lowest BCUT2D eigenvalue weighted by molar-refractivity contribution is -0.160. The molecule has 1 aliphatic rings. The summed E-state index contributed by atoms with van der Waals surface area (Å²) in [6.45, 7) is 13.4. The zero-order chi connectivity index (χ0) is 28.1. The van der Waals surface area contributed by atoms with Crippen molar-refractivity contribution in [1.82, 2.24) is 9.97 Å². The first-order valence-electron chi connectivity index (χ1n) is 13.5. The summed E-state index contributed by atoms with van der Waals surface area (Å²) in [7, 11) is 2.05. The molecule has 0 bridgehead atoms. The molecule has 3 heterocycles. The Hall–Kier alpha value is -3.71. The zero-order valence-corrected chi connectivity index (χ0v) is 23.8. The minimum absolute atomic E-state index is 0.490. The summed E-state index contributed by atoms with van der Waals surface area (Å²) in [5.74, 6) is 1.13. The number of fused-ring (bicyclic) bond motifs is 1. The van der Waals surface area contributed by atoms with Gasteiger partial charge < -0.3 is 19.5 Å². The van der Waals surface area contributed by atoms with E-state index >= 15 is 0 Å². The number of anilines is 1. The lowest BCUT2D eigenvalue weighted by Gasteiger charge is -2.29. The monoisotopic (exact) mass is 527 g/mol. The third-order valence-electron chi connectivity index (χ3n) is 7.05. The molecule has 1 N–H and O–H groups in total. The van der Waals surface area contributed by atoms with Crippen molar-refractivity contribution in [2.75, 3.05) is 25.1 Å². The van der Waals surface area contributed by atoms with E-state index in [4.69, 9.17) is 19.4 Å². The lowest BCUT2D eigenvalue weighted by atomic mass is 9.86. The van der Waals surface area contributed by atoms with Crippen molar-refractivity contribution in [3.05, 3.63) is 59.3 Å². The van der Waals surface area contributed by atoms with E-state index in [1.165, 1.54) is 5.56 Å². The predicted octanol–water partition coefficient (Wildman–Crippen LogP) is 6.73. The van der Waals surface area contributed by atoms with Crippen molar-refractivity contribution in [1.29, 1.82) is 0 Å². The Morgan fingerprint density at radius 2 is 1.95 bits per heavy atom. The maximum Gasteiger partial charge on any atom is 0.337 e. The van der Waals surface area contributed by atoms with Crippen LogP contribution in [0.4, 0.5) is 5.82 Å². The first kappa shape index (κ1) is 26.9. The van der Waals surface area contributed by atoms with Gasteiger partial charge in [0.15, 0.2) is 6.10 Å². The van der Waals surface area contributed by atoms with Gasteiger partial charge in [-0.25, -0.2) is 9.78 Å². The summed E-state index contributed by atoms with van der Waals surface area (Å²) in [5, 5.41) is 12.3. The highest BCUT2D eigenvalue weighted by Gasteiger charge is 2.33. The Morgan fingerprint density at radius 3 is 2.64 bits per heavy atom. The lowest BCUT2D eigenvalue weighted by Crippen LogP contribution is -2.28. The van der Waals surface area contributed by atoms with Gasteiger partial charge in [0.25, 0.3) is 0 Å². The molecule has 0 aliphatic carbocycles. The number of carbonyl (C=O) groups is 1. The van der Waals surface area contributed by atoms with Gasteiger partial charge in [-0.2, -0.15) is 0 Å². The number of aliphatic carboxylic acids is 1. The summed E-state index contributed by atoms with van der Waals surface area (Å²) in [4.78, 5) is 24.7. The van der Waals surface area contributed by atoms with Gasteiger partial charge in [0.05, 0.1) is 23.2 Å². The van der Waals surface area contributed by atoms with Gasteiger partial charge in [0.1, 0.15) is 11.6 Å². The number of aromatic nitrogens is 2. The number of benzene rings is 2. The summed E-state index contributed by atoms with van der Waals surface area (Å²) in [6.07, 6.45) is 1.45. The second-order valence-electron chi connectivity index (χ2n) is 11.8. The smallest absolute Gasteiger partial charge is 0.337 e. The number of carboxylic acids is 1. The number of carboxylic acid groups (broad SMARTS) is 1. The third-order valence-corrected chi connectivity index (χ3v) is 7.05. The zero-order valence-electron chi connectivity index (χ0n) is 23.8. The topological polar surface area (TPSA) is 84.8 Å². The number of hydrogen-bond acceptors (Lipinski definition) is 6. The van der Waals surface area contributed by atoms with Gasteiger partial charge in [-0.15, -0.1) is 0 Å². The minimum Gasteiger partial charge on any atom is -0.493 e. The van der Waals surface area contributed by atoms with Crippen LogP contribution in [-0.2, 0) is 16.0 Å². The fourth-order valence-electron chi connectivity index (χ4n) is 5.58. The van der Waals surface area contributed by atoms with Gasteiger partial charge in [-0.3, -0.25) is 4.98 Å². The van der Waals surface area contributed by atoms with Crippen molar-refractivity contribution in [2.45, 2.75) is 59.7 Å². The highest BCUT2D eigenvalue weighted by molar-refractivity contribution is 6.08. The molecule has 2 aromatic heterocycles. The standard InChI is InChI=1S/C32H37N3O4/c1-18(2)17-35(7)25-11-9-21-23(34-25)16-19(3)26(30(31(36)37)39-32(4,5)6)28(21)22-8-10-24-27-20(13-15-38-24)12-14-33-29(22)27/h8-12,14,16,18,30H,13,15,17H2,1-7H3,(H,36,37)/t30-/m0/s1. The molecule has 4 aromatic rings. The van der Waals surface area contributed by atoms with E-state index in [0.717, 1.165) is 63.0 Å². The van der Waals surface area contributed by atoms with Crippen LogP contribution in [0.2, 0.25) is 0 Å². The quantitative estimate of drug-likeness (QED) is 0.285. The molecule has 0 saturated heterocycles. The van der Waals surface area contributed by atoms with Crippen LogP contribution < -0.4 is 9.64 Å². The van der Waals surface area contributed by atoms with E-state index in [0.29, 0.717) is 18.1 Å². The van der Waals surface area contributed by atoms with E-state index in [2.05, 4.69) is 24.8 Å². The predicted molar refractivity (Wildman–Crippen MR) is 156 cm³/mol. The SMILES string of the molecule is Cc1cc2nc(N(C)CC(C)C)ccc2c(-c2ccc3c4c(ccnc24)CCO3)c1[C@H](OC(C)(C)C)C(=O)O. The molecule has 7 heteroatoms. The fraction of sp³-hybridized carbons (Fsp3) is 0.406. The van der Waals surface area contributed by atoms with Gasteiger partial charge >= 0.3 is 5.97 Å². The van der Waals surface area contributed by atoms with E-state index in [9.17, 15) is 9.90 Å². The van der Waals surface area contributed by atoms with Crippen molar-refractivity contribution < 1.29 is 19.4 Å². The molecule has 5 rings (SSSR count). The second kappa shape index (κ2) is 10.1. The minimum atomic E-state index is -1.17. The van der Waals surface area contributed by atoms with E-state index in [-0.39, 0.29) is 0 Å². The van der Waals surface area contributed by atoms with Crippen LogP contribution in [0.25, 0.3) is 32.9 Å². The molecule has 0 fully saturated rings. The average molecular weight is 528 g/mol. The molecule has 1 atom stereocenters. The van der Waals surface area contributed by atoms with Crippen LogP contribution in [0, 0.1) is 12.8 Å². The largest absolute Gasteiger partial charge is 0.493 e. The van der Waals surface area contributed by atoms with Crippen LogP contribution in [0.15, 0.2) is 42.6 Å². The molecule has 0 saturated carbocycles. The Balaban J connectivity index is 1.85. The van der Waals surface area contributed by atoms with Crippen molar-refractivity contribution in [3.63, 3.8) is 0 Å². The number of rotatable bonds is 7. The number of hydrogen-bond donors (Lipinski definition) is 1. The second-order valence-corrected chi connectivity index (χ2v) is 11.8. The highest BCUT2D eigenvalue weighted by Crippen LogP contribution is 2.45. The summed E-state index contributed by atoms with van der Waals surface area (Å²) in [5.41, 5.74) is 5.16. The summed E-state index contributed by atoms with van der Waals surface area (Å²) >= 11 is 0. The van der Waals surface area contributed by atoms with Gasteiger partial charge in [0, 0.05) is 48.1 Å². The van der Waals surface area contributed by atoms with Crippen LogP contribution in [-0.4, -0.2) is 46.8 Å². The van der Waals surface area contributed by atoms with Gasteiger partial charge in [-0.05, 0) is 86.7 Å². The number of aryl methyl sites for hydroxylation is 1. The molecule has 7 nitrogen and oxygen atoms in total. The van der Waals surface area contributed by atoms with Crippen LogP contribution in [0.3, 0.4) is 0 Å². The van der Waals surface area contributed by atoms with E-state index < -0.39 is 17.7 Å². The average Bonchev–Trinajstić information content (AvgIpc) is 2.86. The van der Waals surface area contributed by atoms with Crippen LogP contribution in [0.5, 0.6) is 5.75 Å². The third kappa shape index (κ3) is 5.15. The van der Waals surface area contributed by atoms with Gasteiger partial charge in [0.2, 0.25) is 0 Å². The molecule has 1 aliphatic heterocycles. The first-order chi connectivity index (χ1) is 18.4. The summed E-state index contributed by atoms with van der Waals surface area (Å²) < 4.78 is 12.2. The number of pyridine rings is 2. The fourth-order valence-corrected chi connectivity index (χ4v) is 5.58. The Morgan fingerprint density at radius 1 is 1.18 bits per heavy atom. The van der Waals surface area contributed by atoms with E-state index in [1.807, 2.05) is 71.3 Å². The van der Waals surface area contributed by atoms with E-state index in [1.54, 1.807) is 0 Å². The number of nitrogens with zero attached hydrogens (tertiary/aromatic N) is 3. The normalized spacial score (nSPS) is 14.1. The van der Waals surface area contributed by atoms with Crippen molar-refractivity contribution in [3.8, 4) is 16.9 Å². The molecular weight excluding hydrogens is 490 g/mol. The van der Waals surface area contributed by atoms with Crippen LogP contribution in [0.1, 0.15) is 57.4 Å². The highest BCUT2D eigenvalue weighted by atomic mass is 16.5. The number of ether oxygens (including phenoxy) is 2. The Labute approximate surface area is 229 Å². The summed E-state index contributed by atoms with van der Waals surface area (Å²) in [6, 6.07) is 12.0.